The number of ether oxygens (including phenoxy) is 4. The summed E-state index contributed by atoms with van der Waals surface area (Å²) in [6.45, 7) is 31.0. The molecule has 0 amide bonds. The number of halogens is 15. The lowest BCUT2D eigenvalue weighted by molar-refractivity contribution is -0.299. The van der Waals surface area contributed by atoms with Gasteiger partial charge in [0.15, 0.2) is 28.0 Å². The first-order chi connectivity index (χ1) is 45.9. The highest BCUT2D eigenvalue weighted by molar-refractivity contribution is 5.78. The van der Waals surface area contributed by atoms with Crippen molar-refractivity contribution in [3.8, 4) is 17.2 Å². The molecular formula is C75H107F15O12. The Bertz CT molecular complexity index is 3120. The van der Waals surface area contributed by atoms with Crippen LogP contribution in [0.1, 0.15) is 241 Å². The van der Waals surface area contributed by atoms with E-state index in [1.807, 2.05) is 38.1 Å². The minimum Gasteiger partial charge on any atom is -0.508 e. The van der Waals surface area contributed by atoms with E-state index in [1.54, 1.807) is 59.1 Å². The zero-order chi connectivity index (χ0) is 80.0. The number of benzene rings is 4. The molecule has 4 aromatic carbocycles. The van der Waals surface area contributed by atoms with Crippen molar-refractivity contribution in [2.24, 2.45) is 28.1 Å². The van der Waals surface area contributed by atoms with Crippen LogP contribution >= 0.6 is 0 Å². The van der Waals surface area contributed by atoms with Gasteiger partial charge >= 0.3 is 42.8 Å². The van der Waals surface area contributed by atoms with Crippen molar-refractivity contribution in [3.63, 3.8) is 0 Å². The molecular weight excluding hydrogens is 1380 g/mol. The van der Waals surface area contributed by atoms with Crippen LogP contribution in [0.2, 0.25) is 0 Å². The summed E-state index contributed by atoms with van der Waals surface area (Å²) >= 11 is 0. The van der Waals surface area contributed by atoms with Crippen molar-refractivity contribution >= 4 is 11.9 Å². The van der Waals surface area contributed by atoms with Gasteiger partial charge < -0.3 is 49.6 Å². The molecule has 1 aliphatic rings. The minimum atomic E-state index is -5.24. The number of hydrogen-bond acceptors (Lipinski definition) is 12. The van der Waals surface area contributed by atoms with Gasteiger partial charge in [0.25, 0.3) is 0 Å². The molecule has 584 valence electrons. The predicted octanol–water partition coefficient (Wildman–Crippen LogP) is 20.4. The molecule has 0 spiro atoms. The van der Waals surface area contributed by atoms with Gasteiger partial charge in [0, 0.05) is 24.4 Å². The average Bonchev–Trinajstić information content (AvgIpc) is 0.764. The van der Waals surface area contributed by atoms with Gasteiger partial charge in [0.1, 0.15) is 23.4 Å². The Morgan fingerprint density at radius 2 is 0.745 bits per heavy atom. The molecule has 1 aliphatic carbocycles. The van der Waals surface area contributed by atoms with Crippen LogP contribution < -0.4 is 9.47 Å². The molecule has 0 aromatic heterocycles. The average molecular weight is 1490 g/mol. The summed E-state index contributed by atoms with van der Waals surface area (Å²) in [4.78, 5) is 24.5. The number of phenols is 1. The second kappa shape index (κ2) is 35.9. The molecule has 11 unspecified atom stereocenters. The van der Waals surface area contributed by atoms with Gasteiger partial charge in [-0.2, -0.15) is 65.9 Å². The number of aliphatic hydroxyl groups is 5. The van der Waals surface area contributed by atoms with Gasteiger partial charge in [-0.25, -0.2) is 0 Å². The third-order valence-electron chi connectivity index (χ3n) is 19.4. The molecule has 102 heavy (non-hydrogen) atoms. The van der Waals surface area contributed by atoms with Crippen LogP contribution in [-0.4, -0.2) is 104 Å². The first-order valence-electron chi connectivity index (χ1n) is 33.6. The Hall–Kier alpha value is -5.87. The van der Waals surface area contributed by atoms with Gasteiger partial charge in [-0.1, -0.05) is 125 Å². The summed E-state index contributed by atoms with van der Waals surface area (Å²) in [5.74, 6) is -2.95. The summed E-state index contributed by atoms with van der Waals surface area (Å²) in [6.07, 6.45) is -24.6. The lowest BCUT2D eigenvalue weighted by atomic mass is 9.67. The maximum absolute atomic E-state index is 13.3. The van der Waals surface area contributed by atoms with Gasteiger partial charge in [-0.3, -0.25) is 9.59 Å². The summed E-state index contributed by atoms with van der Waals surface area (Å²) in [6, 6.07) is 23.3. The van der Waals surface area contributed by atoms with E-state index >= 15 is 0 Å². The summed E-state index contributed by atoms with van der Waals surface area (Å²) < 4.78 is 218. The maximum atomic E-state index is 13.3. The zero-order valence-corrected chi connectivity index (χ0v) is 62.2. The quantitative estimate of drug-likeness (QED) is 0.0213. The molecule has 0 heterocycles. The lowest BCUT2D eigenvalue weighted by Gasteiger charge is -2.46. The smallest absolute Gasteiger partial charge is 0.421 e. The number of carbonyl (C=O) groups excluding carboxylic acids is 2. The third kappa shape index (κ3) is 25.4. The van der Waals surface area contributed by atoms with Crippen molar-refractivity contribution in [3.05, 3.63) is 124 Å². The summed E-state index contributed by atoms with van der Waals surface area (Å²) in [5.41, 5.74) is -17.1. The number of rotatable bonds is 20. The number of esters is 2. The topological polar surface area (TPSA) is 192 Å². The Kier molecular flexibility index (Phi) is 33.2. The molecule has 1 saturated carbocycles. The van der Waals surface area contributed by atoms with Crippen molar-refractivity contribution in [2.45, 2.75) is 279 Å². The second-order valence-corrected chi connectivity index (χ2v) is 29.5. The van der Waals surface area contributed by atoms with Crippen LogP contribution in [0.15, 0.2) is 91.0 Å². The van der Waals surface area contributed by atoms with E-state index in [-0.39, 0.29) is 17.3 Å². The Balaban J connectivity index is 0.000000659. The first-order valence-corrected chi connectivity index (χ1v) is 33.6. The van der Waals surface area contributed by atoms with Crippen LogP contribution in [0.25, 0.3) is 0 Å². The monoisotopic (exact) mass is 1480 g/mol. The van der Waals surface area contributed by atoms with Crippen LogP contribution in [0.3, 0.4) is 0 Å². The van der Waals surface area contributed by atoms with Crippen LogP contribution in [0.4, 0.5) is 65.9 Å². The SMILES string of the molecule is CCC(C)(C)C(=O)OC1CC(C(C)(O)C(F)(F)F)CC(C(C)(O)C(F)(F)F)C1.CCC(C)(C)C(=O)Oc1cc(C(C)(O)C(F)(F)F)cc(C(C)(O)C(F)(F)F)c1.CCC(C)c1ccc(C(C)(O)C(F)(F)F)cc1.CCC(C)c1ccc(O)cc1.CCC(C)c1ccc(OC(OC)C(C)(C)C)cc1. The normalized spacial score (nSPS) is 19.8. The number of phenolic OH excluding ortho intramolecular Hbond substituents is 1. The highest BCUT2D eigenvalue weighted by Crippen LogP contribution is 2.51. The van der Waals surface area contributed by atoms with Crippen molar-refractivity contribution in [2.75, 3.05) is 7.11 Å². The maximum Gasteiger partial charge on any atom is 0.421 e. The Labute approximate surface area is 590 Å². The molecule has 1 fully saturated rings. The van der Waals surface area contributed by atoms with Crippen molar-refractivity contribution in [1.82, 2.24) is 0 Å². The highest BCUT2D eigenvalue weighted by Gasteiger charge is 2.62. The Morgan fingerprint density at radius 1 is 0.431 bits per heavy atom. The lowest BCUT2D eigenvalue weighted by Crippen LogP contribution is -2.57. The number of carbonyl (C=O) groups is 2. The molecule has 4 aromatic rings. The van der Waals surface area contributed by atoms with Crippen molar-refractivity contribution < 1.29 is 125 Å². The molecule has 6 N–H and O–H groups in total. The zero-order valence-electron chi connectivity index (χ0n) is 62.2. The predicted molar refractivity (Wildman–Crippen MR) is 359 cm³/mol. The Morgan fingerprint density at radius 3 is 1.04 bits per heavy atom. The third-order valence-corrected chi connectivity index (χ3v) is 19.4. The molecule has 0 aliphatic heterocycles. The van der Waals surface area contributed by atoms with Gasteiger partial charge in [0.05, 0.1) is 10.8 Å². The molecule has 5 rings (SSSR count). The molecule has 0 saturated heterocycles. The van der Waals surface area contributed by atoms with E-state index < -0.39 is 136 Å². The van der Waals surface area contributed by atoms with Crippen LogP contribution in [0, 0.1) is 28.1 Å². The fraction of sp³-hybridized carbons (Fsp3) is 0.653. The number of aromatic hydroxyl groups is 1. The summed E-state index contributed by atoms with van der Waals surface area (Å²) in [7, 11) is 1.68. The summed E-state index contributed by atoms with van der Waals surface area (Å²) in [5, 5.41) is 58.2. The fourth-order valence-electron chi connectivity index (χ4n) is 9.52. The minimum absolute atomic E-state index is 0.0376. The van der Waals surface area contributed by atoms with Crippen LogP contribution in [0.5, 0.6) is 17.2 Å². The molecule has 0 radical (unpaired) electrons. The van der Waals surface area contributed by atoms with E-state index in [2.05, 4.69) is 60.6 Å². The first kappa shape index (κ1) is 94.1. The van der Waals surface area contributed by atoms with Crippen molar-refractivity contribution in [1.29, 1.82) is 0 Å². The largest absolute Gasteiger partial charge is 0.508 e. The number of hydrogen-bond donors (Lipinski definition) is 6. The van der Waals surface area contributed by atoms with E-state index in [4.69, 9.17) is 24.1 Å². The van der Waals surface area contributed by atoms with Gasteiger partial charge in [-0.05, 0) is 207 Å². The molecule has 27 heteroatoms. The molecule has 11 atom stereocenters. The number of alkyl halides is 15. The van der Waals surface area contributed by atoms with E-state index in [9.17, 15) is 101 Å². The standard InChI is InChI=1S/C18H28F6O4.C18H22F6O4.C16H26O2.C13H17F3O.C10H14O/c2*1-6-14(2,3)13(25)28-12-8-10(15(4,26)17(19,20)21)7-11(9-12)16(5,27)18(22,23)24;1-7-12(2)13-8-10-14(11-9-13)18-15(17-6)16(3,4)5;1-4-9(2)10-5-7-11(8-6-10)12(3,17)13(14,15)16;1-3-8(2)9-4-6-10(11)7-5-9/h10-12,26-27H,6-9H2,1-5H3;7-9,26-27H,6H2,1-5H3;8-12,15H,7H2,1-6H3;5-9,17H,4H2,1-3H3;4-8,11H,3H2,1-2H3. The van der Waals surface area contributed by atoms with E-state index in [1.165, 1.54) is 37.1 Å². The van der Waals surface area contributed by atoms with Gasteiger partial charge in [0.2, 0.25) is 6.29 Å². The molecule has 12 nitrogen and oxygen atoms in total. The second-order valence-electron chi connectivity index (χ2n) is 29.5. The van der Waals surface area contributed by atoms with E-state index in [0.717, 1.165) is 37.5 Å². The molecule has 0 bridgehead atoms. The van der Waals surface area contributed by atoms with E-state index in [0.29, 0.717) is 82.2 Å². The highest BCUT2D eigenvalue weighted by atomic mass is 19.4. The van der Waals surface area contributed by atoms with Crippen LogP contribution in [-0.2, 0) is 35.9 Å². The fourth-order valence-corrected chi connectivity index (χ4v) is 9.52. The number of methoxy groups -OCH3 is 1. The van der Waals surface area contributed by atoms with Gasteiger partial charge in [-0.15, -0.1) is 0 Å².